The first-order valence-corrected chi connectivity index (χ1v) is 9.76. The van der Waals surface area contributed by atoms with E-state index in [1.807, 2.05) is 32.3 Å². The van der Waals surface area contributed by atoms with Gasteiger partial charge in [-0.2, -0.15) is 13.2 Å². The molecule has 2 aromatic rings. The number of fused-ring (bicyclic) bond motifs is 2. The standard InChI is InChI=1S/C19H23N3O2.C2HF3O2/c1-21(2)19(23)16-12-24-18-11-22(10-15(16)18)9-14-8-7-13-5-3-4-6-17(13)20-14;3-2(4,5)1(6)7/h3-8,15-16,18H,9-12H2,1-2H3;(H,6,7)/t15-,16+,18-;/m1./s1. The molecule has 7 nitrogen and oxygen atoms in total. The van der Waals surface area contributed by atoms with E-state index < -0.39 is 12.1 Å². The largest absolute Gasteiger partial charge is 0.490 e. The lowest BCUT2D eigenvalue weighted by Crippen LogP contribution is -2.35. The molecule has 1 aromatic heterocycles. The zero-order valence-corrected chi connectivity index (χ0v) is 17.2. The Morgan fingerprint density at radius 1 is 1.19 bits per heavy atom. The van der Waals surface area contributed by atoms with Crippen LogP contribution in [0.15, 0.2) is 36.4 Å². The van der Waals surface area contributed by atoms with Crippen LogP contribution >= 0.6 is 0 Å². The van der Waals surface area contributed by atoms with Crippen molar-refractivity contribution < 1.29 is 32.6 Å². The van der Waals surface area contributed by atoms with E-state index in [4.69, 9.17) is 19.6 Å². The molecule has 0 radical (unpaired) electrons. The molecule has 0 saturated carbocycles. The van der Waals surface area contributed by atoms with E-state index in [1.165, 1.54) is 5.39 Å². The smallest absolute Gasteiger partial charge is 0.475 e. The van der Waals surface area contributed by atoms with Gasteiger partial charge in [0.2, 0.25) is 5.91 Å². The SMILES string of the molecule is CN(C)C(=O)[C@H]1CO[C@@H]2CN(Cc3ccc4ccccc4n3)C[C@H]12.O=C(O)C(F)(F)F. The number of hydrogen-bond acceptors (Lipinski definition) is 5. The van der Waals surface area contributed by atoms with Crippen molar-refractivity contribution in [3.05, 3.63) is 42.1 Å². The highest BCUT2D eigenvalue weighted by Gasteiger charge is 2.47. The van der Waals surface area contributed by atoms with Gasteiger partial charge in [0.25, 0.3) is 0 Å². The predicted octanol–water partition coefficient (Wildman–Crippen LogP) is 2.40. The number of aliphatic carboxylic acids is 1. The van der Waals surface area contributed by atoms with E-state index in [-0.39, 0.29) is 17.9 Å². The van der Waals surface area contributed by atoms with E-state index in [2.05, 4.69) is 23.1 Å². The number of carbonyl (C=O) groups excluding carboxylic acids is 1. The summed E-state index contributed by atoms with van der Waals surface area (Å²) in [5.74, 6) is -2.26. The van der Waals surface area contributed by atoms with Crippen molar-refractivity contribution in [2.45, 2.75) is 18.8 Å². The number of para-hydroxylation sites is 1. The number of pyridine rings is 1. The van der Waals surface area contributed by atoms with Gasteiger partial charge in [0.05, 0.1) is 29.8 Å². The lowest BCUT2D eigenvalue weighted by atomic mass is 9.92. The molecule has 4 rings (SSSR count). The number of amides is 1. The minimum atomic E-state index is -5.08. The first-order chi connectivity index (χ1) is 14.6. The van der Waals surface area contributed by atoms with Crippen LogP contribution in [-0.4, -0.2) is 77.8 Å². The van der Waals surface area contributed by atoms with E-state index >= 15 is 0 Å². The lowest BCUT2D eigenvalue weighted by molar-refractivity contribution is -0.192. The number of rotatable bonds is 3. The van der Waals surface area contributed by atoms with Gasteiger partial charge >= 0.3 is 12.1 Å². The maximum atomic E-state index is 12.3. The van der Waals surface area contributed by atoms with Crippen molar-refractivity contribution in [1.29, 1.82) is 0 Å². The van der Waals surface area contributed by atoms with Crippen LogP contribution < -0.4 is 0 Å². The average molecular weight is 439 g/mol. The van der Waals surface area contributed by atoms with Crippen LogP contribution in [-0.2, 0) is 20.9 Å². The van der Waals surface area contributed by atoms with Gasteiger partial charge in [-0.15, -0.1) is 0 Å². The number of aromatic nitrogens is 1. The lowest BCUT2D eigenvalue weighted by Gasteiger charge is -2.21. The molecular weight excluding hydrogens is 415 g/mol. The number of carbonyl (C=O) groups is 2. The molecule has 3 atom stereocenters. The number of benzene rings is 1. The van der Waals surface area contributed by atoms with Gasteiger partial charge < -0.3 is 14.7 Å². The van der Waals surface area contributed by atoms with Crippen molar-refractivity contribution in [3.63, 3.8) is 0 Å². The van der Waals surface area contributed by atoms with Crippen molar-refractivity contribution in [2.24, 2.45) is 11.8 Å². The van der Waals surface area contributed by atoms with Crippen molar-refractivity contribution in [3.8, 4) is 0 Å². The van der Waals surface area contributed by atoms with Crippen LogP contribution in [0, 0.1) is 11.8 Å². The number of carboxylic acids is 1. The van der Waals surface area contributed by atoms with Gasteiger partial charge in [-0.25, -0.2) is 4.79 Å². The molecule has 0 bridgehead atoms. The first-order valence-electron chi connectivity index (χ1n) is 9.76. The molecule has 2 saturated heterocycles. The fourth-order valence-electron chi connectivity index (χ4n) is 3.93. The summed E-state index contributed by atoms with van der Waals surface area (Å²) < 4.78 is 37.6. The normalized spacial score (nSPS) is 23.2. The quantitative estimate of drug-likeness (QED) is 0.791. The summed E-state index contributed by atoms with van der Waals surface area (Å²) in [6, 6.07) is 12.4. The number of hydrogen-bond donors (Lipinski definition) is 1. The fraction of sp³-hybridized carbons (Fsp3) is 0.476. The summed E-state index contributed by atoms with van der Waals surface area (Å²) in [6.07, 6.45) is -4.90. The maximum Gasteiger partial charge on any atom is 0.490 e. The Balaban J connectivity index is 0.000000339. The molecule has 2 aliphatic rings. The average Bonchev–Trinajstić information content (AvgIpc) is 3.27. The summed E-state index contributed by atoms with van der Waals surface area (Å²) in [4.78, 5) is 30.0. The molecule has 1 N–H and O–H groups in total. The number of likely N-dealkylation sites (tertiary alicyclic amines) is 1. The van der Waals surface area contributed by atoms with Crippen LogP contribution in [0.3, 0.4) is 0 Å². The Labute approximate surface area is 177 Å². The Hall–Kier alpha value is -2.72. The predicted molar refractivity (Wildman–Crippen MR) is 106 cm³/mol. The summed E-state index contributed by atoms with van der Waals surface area (Å²) in [7, 11) is 3.64. The number of nitrogens with zero attached hydrogens (tertiary/aromatic N) is 3. The molecule has 1 aromatic carbocycles. The second-order valence-electron chi connectivity index (χ2n) is 7.87. The minimum Gasteiger partial charge on any atom is -0.475 e. The van der Waals surface area contributed by atoms with Crippen LogP contribution in [0.1, 0.15) is 5.69 Å². The highest BCUT2D eigenvalue weighted by atomic mass is 19.4. The van der Waals surface area contributed by atoms with Gasteiger partial charge in [-0.3, -0.25) is 14.7 Å². The molecular formula is C21H24F3N3O4. The number of ether oxygens (including phenoxy) is 1. The molecule has 0 spiro atoms. The Bertz CT molecular complexity index is 951. The zero-order chi connectivity index (χ0) is 22.8. The van der Waals surface area contributed by atoms with E-state index in [0.717, 1.165) is 30.8 Å². The first kappa shape index (κ1) is 23.0. The van der Waals surface area contributed by atoms with E-state index in [0.29, 0.717) is 12.5 Å². The van der Waals surface area contributed by atoms with Gasteiger partial charge in [0.1, 0.15) is 0 Å². The Kier molecular flexibility index (Phi) is 6.80. The second kappa shape index (κ2) is 9.19. The van der Waals surface area contributed by atoms with Gasteiger partial charge in [-0.1, -0.05) is 24.3 Å². The van der Waals surface area contributed by atoms with Crippen LogP contribution in [0.4, 0.5) is 13.2 Å². The Morgan fingerprint density at radius 3 is 2.52 bits per heavy atom. The van der Waals surface area contributed by atoms with Crippen molar-refractivity contribution in [1.82, 2.24) is 14.8 Å². The maximum absolute atomic E-state index is 12.3. The van der Waals surface area contributed by atoms with Crippen LogP contribution in [0.25, 0.3) is 10.9 Å². The highest BCUT2D eigenvalue weighted by Crippen LogP contribution is 2.35. The van der Waals surface area contributed by atoms with E-state index in [1.54, 1.807) is 4.90 Å². The van der Waals surface area contributed by atoms with Crippen molar-refractivity contribution >= 4 is 22.8 Å². The zero-order valence-electron chi connectivity index (χ0n) is 17.2. The minimum absolute atomic E-state index is 0.000405. The molecule has 1 amide bonds. The fourth-order valence-corrected chi connectivity index (χ4v) is 3.93. The molecule has 10 heteroatoms. The van der Waals surface area contributed by atoms with Gasteiger partial charge in [-0.05, 0) is 12.1 Å². The number of halogens is 3. The Morgan fingerprint density at radius 2 is 1.87 bits per heavy atom. The molecule has 0 aliphatic carbocycles. The van der Waals surface area contributed by atoms with Gasteiger partial charge in [0.15, 0.2) is 0 Å². The summed E-state index contributed by atoms with van der Waals surface area (Å²) in [5, 5.41) is 8.29. The highest BCUT2D eigenvalue weighted by molar-refractivity contribution is 5.79. The number of carboxylic acid groups (broad SMARTS) is 1. The molecule has 31 heavy (non-hydrogen) atoms. The van der Waals surface area contributed by atoms with Crippen molar-refractivity contribution in [2.75, 3.05) is 33.8 Å². The van der Waals surface area contributed by atoms with Crippen LogP contribution in [0.5, 0.6) is 0 Å². The molecule has 3 heterocycles. The monoisotopic (exact) mass is 439 g/mol. The second-order valence-corrected chi connectivity index (χ2v) is 7.87. The van der Waals surface area contributed by atoms with Crippen LogP contribution in [0.2, 0.25) is 0 Å². The molecule has 2 aliphatic heterocycles. The van der Waals surface area contributed by atoms with E-state index in [9.17, 15) is 18.0 Å². The van der Waals surface area contributed by atoms with Gasteiger partial charge in [0, 0.05) is 45.0 Å². The summed E-state index contributed by atoms with van der Waals surface area (Å²) in [6.45, 7) is 3.16. The number of alkyl halides is 3. The summed E-state index contributed by atoms with van der Waals surface area (Å²) >= 11 is 0. The molecule has 2 fully saturated rings. The third kappa shape index (κ3) is 5.50. The third-order valence-electron chi connectivity index (χ3n) is 5.43. The molecule has 168 valence electrons. The topological polar surface area (TPSA) is 83.0 Å². The third-order valence-corrected chi connectivity index (χ3v) is 5.43. The summed E-state index contributed by atoms with van der Waals surface area (Å²) in [5.41, 5.74) is 2.11. The molecule has 0 unspecified atom stereocenters.